The molecule has 11 heavy (non-hydrogen) atoms. The molecule has 0 aromatic rings. The number of hydrogen-bond donors (Lipinski definition) is 0. The highest BCUT2D eigenvalue weighted by Crippen LogP contribution is 2.31. The van der Waals surface area contributed by atoms with Gasteiger partial charge in [0.1, 0.15) is 0 Å². The molecule has 0 aliphatic heterocycles. The Kier molecular flexibility index (Phi) is 3.38. The van der Waals surface area contributed by atoms with E-state index in [9.17, 15) is 0 Å². The highest BCUT2D eigenvalue weighted by atomic mass is 16.5. The lowest BCUT2D eigenvalue weighted by Gasteiger charge is -2.33. The van der Waals surface area contributed by atoms with Gasteiger partial charge in [0.25, 0.3) is 0 Å². The van der Waals surface area contributed by atoms with Gasteiger partial charge in [0.2, 0.25) is 0 Å². The van der Waals surface area contributed by atoms with E-state index in [1.54, 1.807) is 0 Å². The summed E-state index contributed by atoms with van der Waals surface area (Å²) in [7, 11) is 1.85. The van der Waals surface area contributed by atoms with Gasteiger partial charge in [-0.1, -0.05) is 26.7 Å². The van der Waals surface area contributed by atoms with Gasteiger partial charge in [0.05, 0.1) is 6.10 Å². The molecule has 0 aromatic carbocycles. The lowest BCUT2D eigenvalue weighted by molar-refractivity contribution is 0.00526. The number of methoxy groups -OCH3 is 1. The Balaban J connectivity index is 2.44. The van der Waals surface area contributed by atoms with Crippen molar-refractivity contribution in [3.05, 3.63) is 0 Å². The van der Waals surface area contributed by atoms with E-state index in [-0.39, 0.29) is 0 Å². The second kappa shape index (κ2) is 4.10. The van der Waals surface area contributed by atoms with Crippen LogP contribution in [0, 0.1) is 11.8 Å². The second-order valence-corrected chi connectivity index (χ2v) is 3.97. The third kappa shape index (κ3) is 2.19. The smallest absolute Gasteiger partial charge is 0.0601 e. The minimum absolute atomic E-state index is 0.545. The fourth-order valence-electron chi connectivity index (χ4n) is 2.18. The molecule has 0 radical (unpaired) electrons. The molecule has 1 aliphatic carbocycles. The summed E-state index contributed by atoms with van der Waals surface area (Å²) in [6.07, 6.45) is 5.96. The summed E-state index contributed by atoms with van der Waals surface area (Å²) < 4.78 is 5.47. The minimum atomic E-state index is 0.545. The molecular weight excluding hydrogens is 136 g/mol. The third-order valence-corrected chi connectivity index (χ3v) is 2.91. The van der Waals surface area contributed by atoms with Gasteiger partial charge in [-0.25, -0.2) is 0 Å². The summed E-state index contributed by atoms with van der Waals surface area (Å²) in [4.78, 5) is 0. The Bertz CT molecular complexity index is 109. The van der Waals surface area contributed by atoms with Crippen LogP contribution in [-0.2, 0) is 4.74 Å². The van der Waals surface area contributed by atoms with E-state index < -0.39 is 0 Å². The molecule has 66 valence electrons. The predicted octanol–water partition coefficient (Wildman–Crippen LogP) is 2.85. The Hall–Kier alpha value is -0.0400. The van der Waals surface area contributed by atoms with Crippen molar-refractivity contribution in [1.82, 2.24) is 0 Å². The standard InChI is InChI=1S/C10H20O/c1-8(2)9-6-4-5-7-10(9)11-3/h8-10H,4-7H2,1-3H3/t9-,10+/m1/s1. The molecule has 2 atom stereocenters. The van der Waals surface area contributed by atoms with Crippen LogP contribution in [0.15, 0.2) is 0 Å². The Morgan fingerprint density at radius 1 is 1.18 bits per heavy atom. The van der Waals surface area contributed by atoms with Crippen molar-refractivity contribution in [2.24, 2.45) is 11.8 Å². The topological polar surface area (TPSA) is 9.23 Å². The zero-order chi connectivity index (χ0) is 8.27. The maximum Gasteiger partial charge on any atom is 0.0601 e. The van der Waals surface area contributed by atoms with Crippen LogP contribution in [0.4, 0.5) is 0 Å². The van der Waals surface area contributed by atoms with Crippen molar-refractivity contribution >= 4 is 0 Å². The molecule has 0 aromatic heterocycles. The van der Waals surface area contributed by atoms with Gasteiger partial charge in [-0.15, -0.1) is 0 Å². The molecule has 1 fully saturated rings. The van der Waals surface area contributed by atoms with E-state index in [4.69, 9.17) is 4.74 Å². The molecule has 0 N–H and O–H groups in total. The Labute approximate surface area is 70.1 Å². The SMILES string of the molecule is CO[C@H]1CCCC[C@@H]1C(C)C. The van der Waals surface area contributed by atoms with Gasteiger partial charge < -0.3 is 4.74 Å². The van der Waals surface area contributed by atoms with Crippen LogP contribution in [0.3, 0.4) is 0 Å². The fraction of sp³-hybridized carbons (Fsp3) is 1.00. The van der Waals surface area contributed by atoms with E-state index in [0.29, 0.717) is 6.10 Å². The van der Waals surface area contributed by atoms with Crippen LogP contribution < -0.4 is 0 Å². The lowest BCUT2D eigenvalue weighted by Crippen LogP contribution is -2.30. The van der Waals surface area contributed by atoms with Crippen molar-refractivity contribution in [2.75, 3.05) is 7.11 Å². The summed E-state index contributed by atoms with van der Waals surface area (Å²) >= 11 is 0. The maximum atomic E-state index is 5.47. The molecule has 0 spiro atoms. The molecule has 1 aliphatic rings. The van der Waals surface area contributed by atoms with E-state index in [1.165, 1.54) is 25.7 Å². The monoisotopic (exact) mass is 156 g/mol. The van der Waals surface area contributed by atoms with Crippen LogP contribution in [0.25, 0.3) is 0 Å². The quantitative estimate of drug-likeness (QED) is 0.597. The third-order valence-electron chi connectivity index (χ3n) is 2.91. The first-order valence-corrected chi connectivity index (χ1v) is 4.78. The highest BCUT2D eigenvalue weighted by Gasteiger charge is 2.26. The van der Waals surface area contributed by atoms with Gasteiger partial charge in [0.15, 0.2) is 0 Å². The van der Waals surface area contributed by atoms with Crippen molar-refractivity contribution in [3.63, 3.8) is 0 Å². The second-order valence-electron chi connectivity index (χ2n) is 3.97. The first-order valence-electron chi connectivity index (χ1n) is 4.78. The molecule has 0 saturated heterocycles. The summed E-state index contributed by atoms with van der Waals surface area (Å²) in [5.74, 6) is 1.61. The summed E-state index contributed by atoms with van der Waals surface area (Å²) in [5.41, 5.74) is 0. The van der Waals surface area contributed by atoms with Crippen molar-refractivity contribution in [3.8, 4) is 0 Å². The van der Waals surface area contributed by atoms with E-state index in [1.807, 2.05) is 7.11 Å². The van der Waals surface area contributed by atoms with Crippen LogP contribution in [0.5, 0.6) is 0 Å². The summed E-state index contributed by atoms with van der Waals surface area (Å²) in [6, 6.07) is 0. The molecule has 0 unspecified atom stereocenters. The molecule has 1 saturated carbocycles. The Morgan fingerprint density at radius 3 is 2.27 bits per heavy atom. The Morgan fingerprint density at radius 2 is 1.82 bits per heavy atom. The predicted molar refractivity (Wildman–Crippen MR) is 47.6 cm³/mol. The van der Waals surface area contributed by atoms with Crippen LogP contribution in [0.2, 0.25) is 0 Å². The normalized spacial score (nSPS) is 32.7. The summed E-state index contributed by atoms with van der Waals surface area (Å²) in [6.45, 7) is 4.62. The molecule has 1 heteroatoms. The number of ether oxygens (including phenoxy) is 1. The minimum Gasteiger partial charge on any atom is -0.381 e. The molecule has 0 heterocycles. The lowest BCUT2D eigenvalue weighted by atomic mass is 9.79. The largest absolute Gasteiger partial charge is 0.381 e. The molecular formula is C10H20O. The molecule has 0 amide bonds. The maximum absolute atomic E-state index is 5.47. The molecule has 1 nitrogen and oxygen atoms in total. The van der Waals surface area contributed by atoms with E-state index in [0.717, 1.165) is 11.8 Å². The van der Waals surface area contributed by atoms with Crippen LogP contribution >= 0.6 is 0 Å². The van der Waals surface area contributed by atoms with Crippen molar-refractivity contribution in [2.45, 2.75) is 45.6 Å². The van der Waals surface area contributed by atoms with Crippen molar-refractivity contribution in [1.29, 1.82) is 0 Å². The average molecular weight is 156 g/mol. The fourth-order valence-corrected chi connectivity index (χ4v) is 2.18. The number of hydrogen-bond acceptors (Lipinski definition) is 1. The molecule has 1 rings (SSSR count). The van der Waals surface area contributed by atoms with Gasteiger partial charge in [-0.2, -0.15) is 0 Å². The van der Waals surface area contributed by atoms with Crippen molar-refractivity contribution < 1.29 is 4.74 Å². The van der Waals surface area contributed by atoms with Gasteiger partial charge in [-0.3, -0.25) is 0 Å². The zero-order valence-electron chi connectivity index (χ0n) is 7.97. The number of rotatable bonds is 2. The van der Waals surface area contributed by atoms with Crippen LogP contribution in [0.1, 0.15) is 39.5 Å². The zero-order valence-corrected chi connectivity index (χ0v) is 7.97. The van der Waals surface area contributed by atoms with Gasteiger partial charge in [0, 0.05) is 7.11 Å². The average Bonchev–Trinajstić information content (AvgIpc) is 2.04. The first-order chi connectivity index (χ1) is 5.25. The van der Waals surface area contributed by atoms with Gasteiger partial charge in [-0.05, 0) is 24.7 Å². The van der Waals surface area contributed by atoms with Gasteiger partial charge >= 0.3 is 0 Å². The summed E-state index contributed by atoms with van der Waals surface area (Å²) in [5, 5.41) is 0. The van der Waals surface area contributed by atoms with E-state index in [2.05, 4.69) is 13.8 Å². The van der Waals surface area contributed by atoms with Crippen LogP contribution in [-0.4, -0.2) is 13.2 Å². The first kappa shape index (κ1) is 9.05. The highest BCUT2D eigenvalue weighted by molar-refractivity contribution is 4.77. The van der Waals surface area contributed by atoms with E-state index >= 15 is 0 Å². The molecule has 0 bridgehead atoms.